The first-order valence-corrected chi connectivity index (χ1v) is 4.21. The van der Waals surface area contributed by atoms with E-state index in [1.807, 2.05) is 0 Å². The lowest BCUT2D eigenvalue weighted by Gasteiger charge is -2.43. The van der Waals surface area contributed by atoms with E-state index in [1.165, 1.54) is 12.8 Å². The van der Waals surface area contributed by atoms with Gasteiger partial charge in [0.2, 0.25) is 0 Å². The van der Waals surface area contributed by atoms with Crippen molar-refractivity contribution >= 4 is 17.3 Å². The molecule has 64 valence electrons. The third-order valence-corrected chi connectivity index (χ3v) is 2.30. The van der Waals surface area contributed by atoms with Gasteiger partial charge in [-0.25, -0.2) is 5.84 Å². The smallest absolute Gasteiger partial charge is 0.180 e. The number of hydrogen-bond donors (Lipinski definition) is 3. The third kappa shape index (κ3) is 2.31. The highest BCUT2D eigenvalue weighted by atomic mass is 32.1. The lowest BCUT2D eigenvalue weighted by Crippen LogP contribution is -2.52. The molecule has 1 aliphatic carbocycles. The number of hydrazine groups is 1. The molecular formula is C7H15N3S. The van der Waals surface area contributed by atoms with Gasteiger partial charge in [0.25, 0.3) is 0 Å². The zero-order valence-electron chi connectivity index (χ0n) is 6.98. The summed E-state index contributed by atoms with van der Waals surface area (Å²) in [5, 5.41) is 3.66. The standard InChI is InChI=1S/C7H15N3S/c1-7(2)3-5(4-7)9-6(11)10-8/h5H,3-4,8H2,1-2H3,(H2,9,10,11). The van der Waals surface area contributed by atoms with E-state index in [1.54, 1.807) is 0 Å². The molecule has 4 heteroatoms. The van der Waals surface area contributed by atoms with Crippen LogP contribution in [0, 0.1) is 5.41 Å². The van der Waals surface area contributed by atoms with Crippen molar-refractivity contribution in [3.05, 3.63) is 0 Å². The maximum absolute atomic E-state index is 5.11. The molecule has 1 rings (SSSR count). The summed E-state index contributed by atoms with van der Waals surface area (Å²) >= 11 is 4.86. The zero-order chi connectivity index (χ0) is 8.48. The fourth-order valence-corrected chi connectivity index (χ4v) is 1.77. The van der Waals surface area contributed by atoms with Crippen LogP contribution in [0.25, 0.3) is 0 Å². The largest absolute Gasteiger partial charge is 0.359 e. The van der Waals surface area contributed by atoms with Crippen LogP contribution in [0.1, 0.15) is 26.7 Å². The van der Waals surface area contributed by atoms with E-state index >= 15 is 0 Å². The summed E-state index contributed by atoms with van der Waals surface area (Å²) in [6.07, 6.45) is 2.35. The van der Waals surface area contributed by atoms with Crippen molar-refractivity contribution in [1.82, 2.24) is 10.7 Å². The molecule has 1 saturated carbocycles. The quantitative estimate of drug-likeness (QED) is 0.307. The lowest BCUT2D eigenvalue weighted by atomic mass is 9.68. The van der Waals surface area contributed by atoms with Crippen molar-refractivity contribution in [3.8, 4) is 0 Å². The van der Waals surface area contributed by atoms with Crippen molar-refractivity contribution in [2.45, 2.75) is 32.7 Å². The minimum Gasteiger partial charge on any atom is -0.359 e. The molecule has 11 heavy (non-hydrogen) atoms. The average molecular weight is 173 g/mol. The van der Waals surface area contributed by atoms with Gasteiger partial charge in [0, 0.05) is 6.04 Å². The molecule has 0 heterocycles. The molecule has 0 saturated heterocycles. The van der Waals surface area contributed by atoms with Crippen LogP contribution < -0.4 is 16.6 Å². The highest BCUT2D eigenvalue weighted by molar-refractivity contribution is 7.80. The molecule has 0 aromatic carbocycles. The minimum absolute atomic E-state index is 0.488. The third-order valence-electron chi connectivity index (χ3n) is 2.06. The summed E-state index contributed by atoms with van der Waals surface area (Å²) < 4.78 is 0. The molecule has 0 atom stereocenters. The predicted octanol–water partition coefficient (Wildman–Crippen LogP) is 0.513. The molecule has 1 aliphatic rings. The van der Waals surface area contributed by atoms with E-state index in [0.717, 1.165) is 0 Å². The number of rotatable bonds is 1. The monoisotopic (exact) mass is 173 g/mol. The number of thiocarbonyl (C=S) groups is 1. The van der Waals surface area contributed by atoms with Gasteiger partial charge >= 0.3 is 0 Å². The van der Waals surface area contributed by atoms with Crippen LogP contribution in [0.15, 0.2) is 0 Å². The fraction of sp³-hybridized carbons (Fsp3) is 0.857. The Morgan fingerprint density at radius 3 is 2.45 bits per heavy atom. The van der Waals surface area contributed by atoms with Crippen LogP contribution in [0.4, 0.5) is 0 Å². The zero-order valence-corrected chi connectivity index (χ0v) is 7.79. The SMILES string of the molecule is CC1(C)CC(NC(=S)NN)C1. The summed E-state index contributed by atoms with van der Waals surface area (Å²) in [6, 6.07) is 0.522. The molecule has 4 N–H and O–H groups in total. The molecule has 0 amide bonds. The van der Waals surface area contributed by atoms with Crippen LogP contribution in [0.5, 0.6) is 0 Å². The first-order chi connectivity index (χ1) is 5.03. The summed E-state index contributed by atoms with van der Waals surface area (Å²) in [5.41, 5.74) is 2.90. The highest BCUT2D eigenvalue weighted by Gasteiger charge is 2.36. The second-order valence-corrected chi connectivity index (χ2v) is 4.30. The Labute approximate surface area is 72.7 Å². The fourth-order valence-electron chi connectivity index (χ4n) is 1.60. The number of nitrogens with one attached hydrogen (secondary N) is 2. The van der Waals surface area contributed by atoms with Gasteiger partial charge in [0.1, 0.15) is 0 Å². The minimum atomic E-state index is 0.488. The van der Waals surface area contributed by atoms with E-state index in [-0.39, 0.29) is 0 Å². The van der Waals surface area contributed by atoms with E-state index in [2.05, 4.69) is 24.6 Å². The molecule has 0 radical (unpaired) electrons. The Hall–Kier alpha value is -0.350. The van der Waals surface area contributed by atoms with Gasteiger partial charge < -0.3 is 10.7 Å². The number of nitrogens with two attached hydrogens (primary N) is 1. The lowest BCUT2D eigenvalue weighted by molar-refractivity contribution is 0.141. The second-order valence-electron chi connectivity index (χ2n) is 3.89. The average Bonchev–Trinajstić information content (AvgIpc) is 1.83. The first kappa shape index (κ1) is 8.74. The van der Waals surface area contributed by atoms with Gasteiger partial charge in [-0.15, -0.1) is 0 Å². The van der Waals surface area contributed by atoms with E-state index in [0.29, 0.717) is 16.6 Å². The molecule has 0 bridgehead atoms. The first-order valence-electron chi connectivity index (χ1n) is 3.81. The normalized spacial score (nSPS) is 22.1. The van der Waals surface area contributed by atoms with Crippen LogP contribution in [0.3, 0.4) is 0 Å². The molecule has 0 spiro atoms. The summed E-state index contributed by atoms with van der Waals surface area (Å²) in [7, 11) is 0. The molecule has 3 nitrogen and oxygen atoms in total. The molecule has 0 aromatic rings. The molecular weight excluding hydrogens is 158 g/mol. The van der Waals surface area contributed by atoms with E-state index < -0.39 is 0 Å². The summed E-state index contributed by atoms with van der Waals surface area (Å²) in [4.78, 5) is 0. The summed E-state index contributed by atoms with van der Waals surface area (Å²) in [5.74, 6) is 5.11. The Balaban J connectivity index is 2.19. The van der Waals surface area contributed by atoms with Gasteiger partial charge in [-0.2, -0.15) is 0 Å². The van der Waals surface area contributed by atoms with Crippen LogP contribution in [-0.2, 0) is 0 Å². The van der Waals surface area contributed by atoms with Gasteiger partial charge in [-0.1, -0.05) is 13.8 Å². The van der Waals surface area contributed by atoms with Crippen molar-refractivity contribution < 1.29 is 0 Å². The Kier molecular flexibility index (Phi) is 2.34. The van der Waals surface area contributed by atoms with Crippen LogP contribution in [-0.4, -0.2) is 11.2 Å². The van der Waals surface area contributed by atoms with Gasteiger partial charge in [0.15, 0.2) is 5.11 Å². The second kappa shape index (κ2) is 2.95. The van der Waals surface area contributed by atoms with E-state index in [4.69, 9.17) is 18.1 Å². The Morgan fingerprint density at radius 2 is 2.09 bits per heavy atom. The Morgan fingerprint density at radius 1 is 1.55 bits per heavy atom. The summed E-state index contributed by atoms with van der Waals surface area (Å²) in [6.45, 7) is 4.51. The van der Waals surface area contributed by atoms with Crippen LogP contribution >= 0.6 is 12.2 Å². The maximum Gasteiger partial charge on any atom is 0.180 e. The van der Waals surface area contributed by atoms with E-state index in [9.17, 15) is 0 Å². The van der Waals surface area contributed by atoms with Crippen molar-refractivity contribution in [2.24, 2.45) is 11.3 Å². The molecule has 0 aliphatic heterocycles. The van der Waals surface area contributed by atoms with Gasteiger partial charge in [-0.3, -0.25) is 0 Å². The molecule has 0 aromatic heterocycles. The number of hydrogen-bond acceptors (Lipinski definition) is 2. The van der Waals surface area contributed by atoms with Crippen LogP contribution in [0.2, 0.25) is 0 Å². The van der Waals surface area contributed by atoms with Crippen molar-refractivity contribution in [2.75, 3.05) is 0 Å². The maximum atomic E-state index is 5.11. The predicted molar refractivity (Wildman–Crippen MR) is 49.9 cm³/mol. The molecule has 0 unspecified atom stereocenters. The van der Waals surface area contributed by atoms with Gasteiger partial charge in [-0.05, 0) is 30.5 Å². The van der Waals surface area contributed by atoms with Crippen molar-refractivity contribution in [3.63, 3.8) is 0 Å². The molecule has 1 fully saturated rings. The Bertz CT molecular complexity index is 159. The topological polar surface area (TPSA) is 50.1 Å². The van der Waals surface area contributed by atoms with Gasteiger partial charge in [0.05, 0.1) is 0 Å². The highest BCUT2D eigenvalue weighted by Crippen LogP contribution is 2.39. The van der Waals surface area contributed by atoms with Crippen molar-refractivity contribution in [1.29, 1.82) is 0 Å².